The zero-order chi connectivity index (χ0) is 13.7. The third-order valence-corrected chi connectivity index (χ3v) is 3.01. The Morgan fingerprint density at radius 1 is 1.11 bits per heavy atom. The van der Waals surface area contributed by atoms with Gasteiger partial charge in [0.25, 0.3) is 0 Å². The lowest BCUT2D eigenvalue weighted by molar-refractivity contribution is 0.307. The third kappa shape index (κ3) is 5.21. The van der Waals surface area contributed by atoms with Crippen LogP contribution in [0.5, 0.6) is 0 Å². The van der Waals surface area contributed by atoms with E-state index in [2.05, 4.69) is 44.9 Å². The van der Waals surface area contributed by atoms with E-state index in [0.29, 0.717) is 17.9 Å². The molecule has 3 heteroatoms. The monoisotopic (exact) mass is 252 g/mol. The maximum absolute atomic E-state index is 5.58. The van der Waals surface area contributed by atoms with Crippen LogP contribution in [0.15, 0.2) is 10.6 Å². The zero-order valence-electron chi connectivity index (χ0n) is 12.7. The van der Waals surface area contributed by atoms with Crippen LogP contribution in [0.25, 0.3) is 0 Å². The Morgan fingerprint density at radius 2 is 1.67 bits per heavy atom. The van der Waals surface area contributed by atoms with Crippen LogP contribution in [0.3, 0.4) is 0 Å². The number of aromatic nitrogens is 1. The number of hydrogen-bond acceptors (Lipinski definition) is 3. The van der Waals surface area contributed by atoms with Gasteiger partial charge < -0.3 is 9.73 Å². The molecule has 0 aromatic carbocycles. The van der Waals surface area contributed by atoms with Crippen molar-refractivity contribution in [3.05, 3.63) is 17.8 Å². The van der Waals surface area contributed by atoms with Crippen LogP contribution in [0.2, 0.25) is 0 Å². The lowest BCUT2D eigenvalue weighted by atomic mass is 9.95. The number of rotatable bonds is 7. The summed E-state index contributed by atoms with van der Waals surface area (Å²) in [6.07, 6.45) is 4.18. The molecule has 0 spiro atoms. The van der Waals surface area contributed by atoms with E-state index in [0.717, 1.165) is 11.7 Å². The minimum absolute atomic E-state index is 0.182. The molecule has 0 bridgehead atoms. The summed E-state index contributed by atoms with van der Waals surface area (Å²) < 4.78 is 5.58. The quantitative estimate of drug-likeness (QED) is 0.794. The van der Waals surface area contributed by atoms with E-state index in [1.54, 1.807) is 6.20 Å². The first-order valence-corrected chi connectivity index (χ1v) is 7.06. The first kappa shape index (κ1) is 15.2. The van der Waals surface area contributed by atoms with Gasteiger partial charge in [-0.15, -0.1) is 0 Å². The second-order valence-corrected chi connectivity index (χ2v) is 6.15. The average molecular weight is 252 g/mol. The topological polar surface area (TPSA) is 38.1 Å². The van der Waals surface area contributed by atoms with Crippen LogP contribution in [0, 0.1) is 18.8 Å². The maximum Gasteiger partial charge on any atom is 0.211 e. The average Bonchev–Trinajstić information content (AvgIpc) is 2.62. The smallest absolute Gasteiger partial charge is 0.211 e. The Labute approximate surface area is 111 Å². The fraction of sp³-hybridized carbons (Fsp3) is 0.800. The van der Waals surface area contributed by atoms with Crippen molar-refractivity contribution in [3.8, 4) is 0 Å². The lowest BCUT2D eigenvalue weighted by Gasteiger charge is -2.25. The summed E-state index contributed by atoms with van der Waals surface area (Å²) in [6, 6.07) is 0.716. The van der Waals surface area contributed by atoms with Gasteiger partial charge in [0.15, 0.2) is 0 Å². The summed E-state index contributed by atoms with van der Waals surface area (Å²) in [5, 5.41) is 3.65. The molecule has 0 radical (unpaired) electrons. The number of hydrogen-bond donors (Lipinski definition) is 1. The molecular weight excluding hydrogens is 224 g/mol. The van der Waals surface area contributed by atoms with Crippen molar-refractivity contribution < 1.29 is 4.42 Å². The molecule has 1 unspecified atom stereocenters. The first-order valence-electron chi connectivity index (χ1n) is 7.06. The largest absolute Gasteiger partial charge is 0.444 e. The van der Waals surface area contributed by atoms with Gasteiger partial charge in [-0.2, -0.15) is 0 Å². The molecule has 0 fully saturated rings. The van der Waals surface area contributed by atoms with Crippen molar-refractivity contribution in [1.29, 1.82) is 0 Å². The van der Waals surface area contributed by atoms with E-state index < -0.39 is 0 Å². The molecular formula is C15H28N2O. The molecule has 0 aliphatic rings. The summed E-state index contributed by atoms with van der Waals surface area (Å²) in [5.41, 5.74) is 0. The van der Waals surface area contributed by atoms with Gasteiger partial charge in [0, 0.05) is 6.04 Å². The fourth-order valence-electron chi connectivity index (χ4n) is 2.37. The molecule has 0 amide bonds. The van der Waals surface area contributed by atoms with Gasteiger partial charge in [0.05, 0.1) is 12.2 Å². The van der Waals surface area contributed by atoms with E-state index in [4.69, 9.17) is 4.42 Å². The van der Waals surface area contributed by atoms with Gasteiger partial charge in [0.1, 0.15) is 5.76 Å². The van der Waals surface area contributed by atoms with Crippen molar-refractivity contribution in [1.82, 2.24) is 10.3 Å². The second-order valence-electron chi connectivity index (χ2n) is 6.15. The molecule has 3 nitrogen and oxygen atoms in total. The summed E-state index contributed by atoms with van der Waals surface area (Å²) in [4.78, 5) is 4.30. The summed E-state index contributed by atoms with van der Waals surface area (Å²) in [6.45, 7) is 13.1. The van der Waals surface area contributed by atoms with Crippen LogP contribution in [0.1, 0.15) is 65.2 Å². The van der Waals surface area contributed by atoms with Crippen LogP contribution >= 0.6 is 0 Å². The Morgan fingerprint density at radius 3 is 2.06 bits per heavy atom. The van der Waals surface area contributed by atoms with Crippen LogP contribution in [0.4, 0.5) is 0 Å². The van der Waals surface area contributed by atoms with E-state index in [9.17, 15) is 0 Å². The second kappa shape index (κ2) is 6.93. The molecule has 1 aromatic rings. The van der Waals surface area contributed by atoms with E-state index in [1.807, 2.05) is 6.92 Å². The molecule has 0 aliphatic carbocycles. The van der Waals surface area contributed by atoms with Crippen LogP contribution in [-0.2, 0) is 0 Å². The standard InChI is InChI=1S/C15H28N2O/c1-10(2)7-14(8-11(3)4)17-13(6)15-16-9-12(5)18-15/h9-11,13-14,17H,7-8H2,1-6H3. The van der Waals surface area contributed by atoms with Crippen molar-refractivity contribution in [2.45, 2.75) is 66.5 Å². The molecule has 0 aliphatic heterocycles. The van der Waals surface area contributed by atoms with Gasteiger partial charge in [-0.25, -0.2) is 4.98 Å². The molecule has 18 heavy (non-hydrogen) atoms. The molecule has 1 N–H and O–H groups in total. The Hall–Kier alpha value is -0.830. The maximum atomic E-state index is 5.58. The van der Waals surface area contributed by atoms with Gasteiger partial charge in [0.2, 0.25) is 5.89 Å². The van der Waals surface area contributed by atoms with E-state index in [1.165, 1.54) is 12.8 Å². The molecule has 0 saturated heterocycles. The van der Waals surface area contributed by atoms with Gasteiger partial charge >= 0.3 is 0 Å². The predicted octanol–water partition coefficient (Wildman–Crippen LogP) is 4.09. The molecule has 1 aromatic heterocycles. The highest BCUT2D eigenvalue weighted by molar-refractivity contribution is 4.95. The molecule has 104 valence electrons. The minimum Gasteiger partial charge on any atom is -0.444 e. The number of oxazole rings is 1. The predicted molar refractivity (Wildman–Crippen MR) is 75.5 cm³/mol. The minimum atomic E-state index is 0.182. The molecule has 1 atom stereocenters. The Bertz CT molecular complexity index is 334. The van der Waals surface area contributed by atoms with E-state index >= 15 is 0 Å². The van der Waals surface area contributed by atoms with Gasteiger partial charge in [-0.3, -0.25) is 0 Å². The van der Waals surface area contributed by atoms with E-state index in [-0.39, 0.29) is 6.04 Å². The molecule has 1 rings (SSSR count). The number of aryl methyl sites for hydroxylation is 1. The highest BCUT2D eigenvalue weighted by atomic mass is 16.4. The van der Waals surface area contributed by atoms with Gasteiger partial charge in [-0.1, -0.05) is 27.7 Å². The SMILES string of the molecule is Cc1cnc(C(C)NC(CC(C)C)CC(C)C)o1. The summed E-state index contributed by atoms with van der Waals surface area (Å²) in [7, 11) is 0. The molecule has 1 heterocycles. The number of nitrogens with zero attached hydrogens (tertiary/aromatic N) is 1. The highest BCUT2D eigenvalue weighted by Gasteiger charge is 2.18. The van der Waals surface area contributed by atoms with Gasteiger partial charge in [-0.05, 0) is 38.5 Å². The zero-order valence-corrected chi connectivity index (χ0v) is 12.7. The summed E-state index contributed by atoms with van der Waals surface area (Å²) in [5.74, 6) is 3.09. The Balaban J connectivity index is 2.58. The van der Waals surface area contributed by atoms with Crippen molar-refractivity contribution in [3.63, 3.8) is 0 Å². The molecule has 0 saturated carbocycles. The van der Waals surface area contributed by atoms with Crippen LogP contribution in [-0.4, -0.2) is 11.0 Å². The normalized spacial score (nSPS) is 13.8. The fourth-order valence-corrected chi connectivity index (χ4v) is 2.37. The lowest BCUT2D eigenvalue weighted by Crippen LogP contribution is -2.34. The van der Waals surface area contributed by atoms with Crippen LogP contribution < -0.4 is 5.32 Å². The number of nitrogens with one attached hydrogen (secondary N) is 1. The van der Waals surface area contributed by atoms with Crippen molar-refractivity contribution >= 4 is 0 Å². The Kier molecular flexibility index (Phi) is 5.86. The summed E-state index contributed by atoms with van der Waals surface area (Å²) >= 11 is 0. The third-order valence-electron chi connectivity index (χ3n) is 3.01. The van der Waals surface area contributed by atoms with Crippen molar-refractivity contribution in [2.75, 3.05) is 0 Å². The van der Waals surface area contributed by atoms with Crippen molar-refractivity contribution in [2.24, 2.45) is 11.8 Å². The highest BCUT2D eigenvalue weighted by Crippen LogP contribution is 2.19. The first-order chi connectivity index (χ1) is 8.38.